The van der Waals surface area contributed by atoms with E-state index < -0.39 is 0 Å². The second kappa shape index (κ2) is 11.0. The normalized spacial score (nSPS) is 14.2. The molecule has 138 valence electrons. The van der Waals surface area contributed by atoms with Gasteiger partial charge < -0.3 is 5.11 Å². The Morgan fingerprint density at radius 3 is 1.44 bits per heavy atom. The summed E-state index contributed by atoms with van der Waals surface area (Å²) in [4.78, 5) is 0. The molecule has 2 rings (SSSR count). The lowest BCUT2D eigenvalue weighted by Crippen LogP contribution is -2.09. The maximum absolute atomic E-state index is 10.3. The van der Waals surface area contributed by atoms with Crippen molar-refractivity contribution in [3.8, 4) is 5.75 Å². The molecule has 0 radical (unpaired) electrons. The molecule has 1 heteroatoms. The van der Waals surface area contributed by atoms with E-state index in [1.165, 1.54) is 16.7 Å². The minimum atomic E-state index is 0.424. The molecule has 0 fully saturated rings. The van der Waals surface area contributed by atoms with Gasteiger partial charge in [0.1, 0.15) is 5.75 Å². The average molecular weight is 341 g/mol. The van der Waals surface area contributed by atoms with Gasteiger partial charge in [-0.3, -0.25) is 0 Å². The van der Waals surface area contributed by atoms with Gasteiger partial charge >= 0.3 is 0 Å². The van der Waals surface area contributed by atoms with Crippen molar-refractivity contribution in [2.24, 2.45) is 0 Å². The van der Waals surface area contributed by atoms with E-state index in [-0.39, 0.29) is 0 Å². The molecule has 0 aliphatic heterocycles. The summed E-state index contributed by atoms with van der Waals surface area (Å²) < 4.78 is 0. The van der Waals surface area contributed by atoms with Gasteiger partial charge in [0.25, 0.3) is 0 Å². The molecule has 0 amide bonds. The van der Waals surface area contributed by atoms with Crippen LogP contribution in [0.3, 0.4) is 0 Å². The minimum absolute atomic E-state index is 0.424. The summed E-state index contributed by atoms with van der Waals surface area (Å²) in [5.41, 5.74) is 4.03. The summed E-state index contributed by atoms with van der Waals surface area (Å²) in [5, 5.41) is 10.3. The summed E-state index contributed by atoms with van der Waals surface area (Å²) in [6, 6.07) is 16.0. The molecule has 0 aromatic heterocycles. The SMILES string of the molecule is CCC(C)c1ccc(O)c(C(C)CC)c1C(C)CC.c1ccccc1. The summed E-state index contributed by atoms with van der Waals surface area (Å²) in [5.74, 6) is 1.98. The minimum Gasteiger partial charge on any atom is -0.508 e. The highest BCUT2D eigenvalue weighted by Gasteiger charge is 2.22. The molecule has 0 saturated heterocycles. The second-order valence-corrected chi connectivity index (χ2v) is 7.08. The fraction of sp³-hybridized carbons (Fsp3) is 0.500. The number of hydrogen-bond donors (Lipinski definition) is 1. The standard InChI is InChI=1S/C18H30O.C6H6/c1-7-12(4)15-10-11-16(19)18(14(6)9-3)17(15)13(5)8-2;1-2-4-6-5-3-1/h10-14,19H,7-9H2,1-6H3;1-6H. The van der Waals surface area contributed by atoms with Gasteiger partial charge in [0, 0.05) is 5.56 Å². The maximum atomic E-state index is 10.3. The van der Waals surface area contributed by atoms with Crippen LogP contribution in [0.4, 0.5) is 0 Å². The van der Waals surface area contributed by atoms with Crippen LogP contribution in [0.1, 0.15) is 95.2 Å². The molecule has 2 aromatic carbocycles. The summed E-state index contributed by atoms with van der Waals surface area (Å²) in [7, 11) is 0. The molecular formula is C24H36O. The highest BCUT2D eigenvalue weighted by Crippen LogP contribution is 2.41. The quantitative estimate of drug-likeness (QED) is 0.573. The zero-order valence-electron chi connectivity index (χ0n) is 16.9. The van der Waals surface area contributed by atoms with E-state index in [0.717, 1.165) is 19.3 Å². The molecule has 2 aromatic rings. The van der Waals surface area contributed by atoms with E-state index in [1.54, 1.807) is 0 Å². The van der Waals surface area contributed by atoms with Crippen molar-refractivity contribution in [1.29, 1.82) is 0 Å². The first kappa shape index (κ1) is 21.3. The third kappa shape index (κ3) is 5.92. The Morgan fingerprint density at radius 1 is 0.640 bits per heavy atom. The van der Waals surface area contributed by atoms with Crippen LogP contribution in [0.15, 0.2) is 48.5 Å². The number of hydrogen-bond acceptors (Lipinski definition) is 1. The Balaban J connectivity index is 0.000000435. The van der Waals surface area contributed by atoms with E-state index in [0.29, 0.717) is 23.5 Å². The molecule has 0 aliphatic carbocycles. The summed E-state index contributed by atoms with van der Waals surface area (Å²) >= 11 is 0. The molecule has 1 nitrogen and oxygen atoms in total. The molecule has 3 unspecified atom stereocenters. The van der Waals surface area contributed by atoms with Crippen LogP contribution >= 0.6 is 0 Å². The molecule has 0 saturated carbocycles. The van der Waals surface area contributed by atoms with Crippen LogP contribution in [-0.4, -0.2) is 5.11 Å². The van der Waals surface area contributed by atoms with Crippen molar-refractivity contribution < 1.29 is 5.11 Å². The molecule has 1 N–H and O–H groups in total. The molecule has 25 heavy (non-hydrogen) atoms. The number of benzene rings is 2. The number of rotatable bonds is 6. The first-order valence-electron chi connectivity index (χ1n) is 9.83. The van der Waals surface area contributed by atoms with Gasteiger partial charge in [0.05, 0.1) is 0 Å². The molecule has 0 bridgehead atoms. The molecule has 0 aliphatic rings. The van der Waals surface area contributed by atoms with Gasteiger partial charge in [-0.05, 0) is 54.2 Å². The van der Waals surface area contributed by atoms with E-state index in [1.807, 2.05) is 42.5 Å². The monoisotopic (exact) mass is 340 g/mol. The van der Waals surface area contributed by atoms with Gasteiger partial charge in [0.2, 0.25) is 0 Å². The van der Waals surface area contributed by atoms with Crippen molar-refractivity contribution in [2.75, 3.05) is 0 Å². The topological polar surface area (TPSA) is 20.2 Å². The fourth-order valence-electron chi connectivity index (χ4n) is 3.15. The lowest BCUT2D eigenvalue weighted by Gasteiger charge is -2.26. The Kier molecular flexibility index (Phi) is 9.34. The molecule has 0 spiro atoms. The molecule has 0 heterocycles. The Labute approximate surface area is 155 Å². The third-order valence-electron chi connectivity index (χ3n) is 5.32. The van der Waals surface area contributed by atoms with E-state index in [9.17, 15) is 5.11 Å². The maximum Gasteiger partial charge on any atom is 0.119 e. The zero-order chi connectivity index (χ0) is 18.8. The highest BCUT2D eigenvalue weighted by molar-refractivity contribution is 5.49. The first-order chi connectivity index (χ1) is 12.0. The van der Waals surface area contributed by atoms with Crippen molar-refractivity contribution in [2.45, 2.75) is 78.6 Å². The Bertz CT molecular complexity index is 576. The first-order valence-corrected chi connectivity index (χ1v) is 9.83. The van der Waals surface area contributed by atoms with Crippen molar-refractivity contribution in [1.82, 2.24) is 0 Å². The lowest BCUT2D eigenvalue weighted by molar-refractivity contribution is 0.457. The largest absolute Gasteiger partial charge is 0.508 e. The summed E-state index contributed by atoms with van der Waals surface area (Å²) in [6.07, 6.45) is 3.34. The number of aromatic hydroxyl groups is 1. The van der Waals surface area contributed by atoms with Crippen LogP contribution < -0.4 is 0 Å². The van der Waals surface area contributed by atoms with Crippen LogP contribution in [-0.2, 0) is 0 Å². The van der Waals surface area contributed by atoms with Gasteiger partial charge in [-0.1, -0.05) is 84.0 Å². The lowest BCUT2D eigenvalue weighted by atomic mass is 9.79. The zero-order valence-corrected chi connectivity index (χ0v) is 16.9. The van der Waals surface area contributed by atoms with Crippen LogP contribution in [0, 0.1) is 0 Å². The number of phenols is 1. The van der Waals surface area contributed by atoms with Gasteiger partial charge in [-0.15, -0.1) is 0 Å². The fourth-order valence-corrected chi connectivity index (χ4v) is 3.15. The second-order valence-electron chi connectivity index (χ2n) is 7.08. The average Bonchev–Trinajstić information content (AvgIpc) is 2.67. The Morgan fingerprint density at radius 2 is 1.04 bits per heavy atom. The number of phenolic OH excluding ortho intramolecular Hbond substituents is 1. The smallest absolute Gasteiger partial charge is 0.119 e. The predicted molar refractivity (Wildman–Crippen MR) is 111 cm³/mol. The van der Waals surface area contributed by atoms with Crippen molar-refractivity contribution >= 4 is 0 Å². The van der Waals surface area contributed by atoms with Gasteiger partial charge in [-0.2, -0.15) is 0 Å². The van der Waals surface area contributed by atoms with E-state index in [4.69, 9.17) is 0 Å². The van der Waals surface area contributed by atoms with E-state index in [2.05, 4.69) is 47.6 Å². The molecular weight excluding hydrogens is 304 g/mol. The summed E-state index contributed by atoms with van der Waals surface area (Å²) in [6.45, 7) is 13.5. The van der Waals surface area contributed by atoms with E-state index >= 15 is 0 Å². The van der Waals surface area contributed by atoms with Crippen LogP contribution in [0.2, 0.25) is 0 Å². The van der Waals surface area contributed by atoms with Gasteiger partial charge in [0.15, 0.2) is 0 Å². The Hall–Kier alpha value is -1.76. The van der Waals surface area contributed by atoms with Crippen molar-refractivity contribution in [3.63, 3.8) is 0 Å². The predicted octanol–water partition coefficient (Wildman–Crippen LogP) is 7.62. The van der Waals surface area contributed by atoms with Crippen LogP contribution in [0.5, 0.6) is 5.75 Å². The van der Waals surface area contributed by atoms with Crippen molar-refractivity contribution in [3.05, 3.63) is 65.2 Å². The van der Waals surface area contributed by atoms with Crippen LogP contribution in [0.25, 0.3) is 0 Å². The third-order valence-corrected chi connectivity index (χ3v) is 5.32. The highest BCUT2D eigenvalue weighted by atomic mass is 16.3. The molecule has 3 atom stereocenters. The van der Waals surface area contributed by atoms with Gasteiger partial charge in [-0.25, -0.2) is 0 Å².